The molecule has 1 aliphatic carbocycles. The van der Waals surface area contributed by atoms with Crippen LogP contribution in [0.15, 0.2) is 36.5 Å². The largest absolute Gasteiger partial charge is 0.356 e. The third kappa shape index (κ3) is 13.3. The molecule has 1 rings (SSSR count). The van der Waals surface area contributed by atoms with E-state index in [1.807, 2.05) is 11.9 Å². The quantitative estimate of drug-likeness (QED) is 0.288. The molecule has 1 fully saturated rings. The lowest BCUT2D eigenvalue weighted by Gasteiger charge is -2.15. The van der Waals surface area contributed by atoms with E-state index in [0.29, 0.717) is 24.8 Å². The number of carbonyl (C=O) groups excluding carboxylic acids is 2. The second kappa shape index (κ2) is 16.1. The standard InChI is InChI=1S/C24H40N2O2/c1-3-4-14-17-23(27)25-21-16-13-11-9-7-5-6-8-10-12-15-18-24(28)26(2)22-19-20-22/h5,7-8,10-11,13,22H,3-4,6,9,12,14-21H2,1-2H3,(H,25,27)/b7-5-,10-8-,13-11-. The molecule has 0 bridgehead atoms. The van der Waals surface area contributed by atoms with Crippen LogP contribution in [0.1, 0.15) is 84.0 Å². The highest BCUT2D eigenvalue weighted by Crippen LogP contribution is 2.26. The van der Waals surface area contributed by atoms with Crippen molar-refractivity contribution in [2.24, 2.45) is 0 Å². The minimum absolute atomic E-state index is 0.174. The van der Waals surface area contributed by atoms with Crippen LogP contribution in [0, 0.1) is 0 Å². The average molecular weight is 389 g/mol. The molecule has 0 aromatic heterocycles. The molecule has 4 heteroatoms. The number of carbonyl (C=O) groups is 2. The third-order valence-corrected chi connectivity index (χ3v) is 4.93. The lowest BCUT2D eigenvalue weighted by Crippen LogP contribution is -2.28. The van der Waals surface area contributed by atoms with Crippen LogP contribution >= 0.6 is 0 Å². The maximum Gasteiger partial charge on any atom is 0.222 e. The zero-order valence-electron chi connectivity index (χ0n) is 18.0. The highest BCUT2D eigenvalue weighted by Gasteiger charge is 2.28. The predicted octanol–water partition coefficient (Wildman–Crippen LogP) is 5.31. The van der Waals surface area contributed by atoms with E-state index in [9.17, 15) is 9.59 Å². The zero-order chi connectivity index (χ0) is 20.5. The van der Waals surface area contributed by atoms with Crippen molar-refractivity contribution in [3.05, 3.63) is 36.5 Å². The van der Waals surface area contributed by atoms with Crippen LogP contribution < -0.4 is 5.32 Å². The Morgan fingerprint density at radius 3 is 2.18 bits per heavy atom. The van der Waals surface area contributed by atoms with Crippen molar-refractivity contribution in [1.29, 1.82) is 0 Å². The van der Waals surface area contributed by atoms with Gasteiger partial charge in [-0.25, -0.2) is 0 Å². The molecular formula is C24H40N2O2. The Bertz CT molecular complexity index is 519. The number of rotatable bonds is 16. The molecule has 0 atom stereocenters. The lowest BCUT2D eigenvalue weighted by molar-refractivity contribution is -0.130. The molecule has 0 aliphatic heterocycles. The Balaban J connectivity index is 1.90. The molecule has 28 heavy (non-hydrogen) atoms. The minimum Gasteiger partial charge on any atom is -0.356 e. The highest BCUT2D eigenvalue weighted by atomic mass is 16.2. The summed E-state index contributed by atoms with van der Waals surface area (Å²) in [5.74, 6) is 0.464. The van der Waals surface area contributed by atoms with E-state index < -0.39 is 0 Å². The van der Waals surface area contributed by atoms with E-state index in [1.54, 1.807) is 0 Å². The maximum absolute atomic E-state index is 11.9. The molecule has 0 radical (unpaired) electrons. The van der Waals surface area contributed by atoms with Gasteiger partial charge in [-0.05, 0) is 51.4 Å². The first-order valence-electron chi connectivity index (χ1n) is 11.1. The van der Waals surface area contributed by atoms with Gasteiger partial charge >= 0.3 is 0 Å². The summed E-state index contributed by atoms with van der Waals surface area (Å²) in [6, 6.07) is 0.525. The monoisotopic (exact) mass is 388 g/mol. The number of amides is 2. The molecule has 0 saturated heterocycles. The van der Waals surface area contributed by atoms with Crippen LogP contribution in [0.3, 0.4) is 0 Å². The molecule has 0 aromatic carbocycles. The number of hydrogen-bond acceptors (Lipinski definition) is 2. The first-order chi connectivity index (χ1) is 13.6. The molecule has 0 spiro atoms. The van der Waals surface area contributed by atoms with Gasteiger partial charge in [0.15, 0.2) is 0 Å². The van der Waals surface area contributed by atoms with Crippen molar-refractivity contribution in [3.63, 3.8) is 0 Å². The van der Waals surface area contributed by atoms with E-state index in [-0.39, 0.29) is 5.91 Å². The van der Waals surface area contributed by atoms with Crippen LogP contribution in [0.4, 0.5) is 0 Å². The fourth-order valence-electron chi connectivity index (χ4n) is 2.91. The van der Waals surface area contributed by atoms with Gasteiger partial charge in [0, 0.05) is 32.5 Å². The minimum atomic E-state index is 0.174. The molecule has 2 amide bonds. The Kier molecular flexibility index (Phi) is 14.0. The molecule has 0 heterocycles. The van der Waals surface area contributed by atoms with Gasteiger partial charge in [-0.1, -0.05) is 56.2 Å². The smallest absolute Gasteiger partial charge is 0.222 e. The van der Waals surface area contributed by atoms with Gasteiger partial charge in [-0.2, -0.15) is 0 Å². The van der Waals surface area contributed by atoms with Gasteiger partial charge in [-0.3, -0.25) is 9.59 Å². The van der Waals surface area contributed by atoms with Crippen LogP contribution in [0.2, 0.25) is 0 Å². The maximum atomic E-state index is 11.9. The second-order valence-corrected chi connectivity index (χ2v) is 7.61. The van der Waals surface area contributed by atoms with E-state index in [2.05, 4.69) is 48.7 Å². The van der Waals surface area contributed by atoms with Crippen molar-refractivity contribution in [2.45, 2.75) is 90.0 Å². The number of hydrogen-bond donors (Lipinski definition) is 1. The van der Waals surface area contributed by atoms with E-state index in [0.717, 1.165) is 57.9 Å². The first kappa shape index (κ1) is 24.2. The Morgan fingerprint density at radius 2 is 1.54 bits per heavy atom. The van der Waals surface area contributed by atoms with Crippen LogP contribution in [-0.2, 0) is 9.59 Å². The topological polar surface area (TPSA) is 49.4 Å². The fraction of sp³-hybridized carbons (Fsp3) is 0.667. The first-order valence-corrected chi connectivity index (χ1v) is 11.1. The molecule has 0 unspecified atom stereocenters. The van der Waals surface area contributed by atoms with E-state index >= 15 is 0 Å². The van der Waals surface area contributed by atoms with Crippen molar-refractivity contribution < 1.29 is 9.59 Å². The van der Waals surface area contributed by atoms with Gasteiger partial charge < -0.3 is 10.2 Å². The molecule has 0 aromatic rings. The third-order valence-electron chi connectivity index (χ3n) is 4.93. The highest BCUT2D eigenvalue weighted by molar-refractivity contribution is 5.76. The molecule has 4 nitrogen and oxygen atoms in total. The van der Waals surface area contributed by atoms with Crippen LogP contribution in [0.5, 0.6) is 0 Å². The van der Waals surface area contributed by atoms with Gasteiger partial charge in [0.25, 0.3) is 0 Å². The summed E-state index contributed by atoms with van der Waals surface area (Å²) >= 11 is 0. The summed E-state index contributed by atoms with van der Waals surface area (Å²) in [6.45, 7) is 2.88. The number of allylic oxidation sites excluding steroid dienone is 5. The van der Waals surface area contributed by atoms with Gasteiger partial charge in [0.2, 0.25) is 11.8 Å². The van der Waals surface area contributed by atoms with Gasteiger partial charge in [-0.15, -0.1) is 0 Å². The number of nitrogens with one attached hydrogen (secondary N) is 1. The average Bonchev–Trinajstić information content (AvgIpc) is 3.53. The summed E-state index contributed by atoms with van der Waals surface area (Å²) in [5, 5.41) is 2.96. The lowest BCUT2D eigenvalue weighted by atomic mass is 10.2. The summed E-state index contributed by atoms with van der Waals surface area (Å²) in [7, 11) is 1.93. The Labute approximate surface area is 172 Å². The molecule has 1 N–H and O–H groups in total. The Hall–Kier alpha value is -1.84. The SMILES string of the molecule is CCCCCC(=O)NCC/C=C\C/C=C\C/C=C\CCCC(=O)N(C)C1CC1. The summed E-state index contributed by atoms with van der Waals surface area (Å²) in [4.78, 5) is 25.3. The number of nitrogens with zero attached hydrogens (tertiary/aromatic N) is 1. The Morgan fingerprint density at radius 1 is 0.893 bits per heavy atom. The molecule has 1 aliphatic rings. The normalized spacial score (nSPS) is 14.4. The van der Waals surface area contributed by atoms with Crippen molar-refractivity contribution in [2.75, 3.05) is 13.6 Å². The molecule has 158 valence electrons. The van der Waals surface area contributed by atoms with Gasteiger partial charge in [0.05, 0.1) is 0 Å². The summed E-state index contributed by atoms with van der Waals surface area (Å²) in [5.41, 5.74) is 0. The van der Waals surface area contributed by atoms with Crippen LogP contribution in [-0.4, -0.2) is 36.3 Å². The molecule has 1 saturated carbocycles. The van der Waals surface area contributed by atoms with E-state index in [1.165, 1.54) is 12.8 Å². The van der Waals surface area contributed by atoms with E-state index in [4.69, 9.17) is 0 Å². The summed E-state index contributed by atoms with van der Waals surface area (Å²) in [6.07, 6.45) is 24.6. The predicted molar refractivity (Wildman–Crippen MR) is 118 cm³/mol. The van der Waals surface area contributed by atoms with Crippen molar-refractivity contribution in [1.82, 2.24) is 10.2 Å². The fourth-order valence-corrected chi connectivity index (χ4v) is 2.91. The number of unbranched alkanes of at least 4 members (excludes halogenated alkanes) is 3. The van der Waals surface area contributed by atoms with Gasteiger partial charge in [0.1, 0.15) is 0 Å². The van der Waals surface area contributed by atoms with Crippen molar-refractivity contribution >= 4 is 11.8 Å². The zero-order valence-corrected chi connectivity index (χ0v) is 18.0. The second-order valence-electron chi connectivity index (χ2n) is 7.61. The van der Waals surface area contributed by atoms with Crippen LogP contribution in [0.25, 0.3) is 0 Å². The summed E-state index contributed by atoms with van der Waals surface area (Å²) < 4.78 is 0. The molecular weight excluding hydrogens is 348 g/mol. The van der Waals surface area contributed by atoms with Crippen molar-refractivity contribution in [3.8, 4) is 0 Å².